The Morgan fingerprint density at radius 1 is 1.35 bits per heavy atom. The zero-order valence-corrected chi connectivity index (χ0v) is 15.5. The number of carbonyl (C=O) groups excluding carboxylic acids is 2. The molecule has 6 heteroatoms. The minimum Gasteiger partial charge on any atom is -0.348 e. The summed E-state index contributed by atoms with van der Waals surface area (Å²) in [5.74, 6) is -0.504. The van der Waals surface area contributed by atoms with Crippen molar-refractivity contribution < 1.29 is 14.0 Å². The van der Waals surface area contributed by atoms with E-state index in [9.17, 15) is 14.0 Å². The number of aryl methyl sites for hydroxylation is 1. The van der Waals surface area contributed by atoms with E-state index in [0.29, 0.717) is 17.8 Å². The Kier molecular flexibility index (Phi) is 4.69. The minimum absolute atomic E-state index is 0.0155. The van der Waals surface area contributed by atoms with Crippen molar-refractivity contribution in [3.63, 3.8) is 0 Å². The second-order valence-corrected chi connectivity index (χ2v) is 7.94. The first-order chi connectivity index (χ1) is 12.2. The van der Waals surface area contributed by atoms with Crippen molar-refractivity contribution in [3.05, 3.63) is 53.4 Å². The molecule has 3 rings (SSSR count). The lowest BCUT2D eigenvalue weighted by molar-refractivity contribution is -0.122. The van der Waals surface area contributed by atoms with Gasteiger partial charge in [-0.3, -0.25) is 9.59 Å². The summed E-state index contributed by atoms with van der Waals surface area (Å²) in [7, 11) is 1.73. The highest BCUT2D eigenvalue weighted by molar-refractivity contribution is 5.97. The van der Waals surface area contributed by atoms with Crippen LogP contribution in [0.4, 0.5) is 4.39 Å². The molecular weight excluding hydrogens is 333 g/mol. The lowest BCUT2D eigenvalue weighted by Crippen LogP contribution is -2.32. The predicted octanol–water partition coefficient (Wildman–Crippen LogP) is 2.96. The molecule has 1 aromatic heterocycles. The largest absolute Gasteiger partial charge is 0.348 e. The first-order valence-electron chi connectivity index (χ1n) is 8.76. The van der Waals surface area contributed by atoms with Crippen molar-refractivity contribution in [1.82, 2.24) is 14.9 Å². The molecule has 26 heavy (non-hydrogen) atoms. The van der Waals surface area contributed by atoms with Gasteiger partial charge in [0, 0.05) is 25.4 Å². The zero-order valence-electron chi connectivity index (χ0n) is 15.5. The van der Waals surface area contributed by atoms with Gasteiger partial charge in [-0.2, -0.15) is 0 Å². The molecule has 1 aliphatic carbocycles. The molecule has 1 N–H and O–H groups in total. The number of imidazole rings is 1. The number of Topliss-reactive ketones (excluding diaryl/α,β-unsaturated/α-hetero) is 1. The van der Waals surface area contributed by atoms with Gasteiger partial charge >= 0.3 is 0 Å². The molecule has 1 amide bonds. The Labute approximate surface area is 152 Å². The zero-order chi connectivity index (χ0) is 19.1. The lowest BCUT2D eigenvalue weighted by atomic mass is 9.86. The van der Waals surface area contributed by atoms with Crippen LogP contribution >= 0.6 is 0 Å². The number of carbonyl (C=O) groups is 2. The molecule has 1 saturated carbocycles. The first-order valence-corrected chi connectivity index (χ1v) is 8.76. The molecule has 0 spiro atoms. The van der Waals surface area contributed by atoms with E-state index in [-0.39, 0.29) is 41.3 Å². The quantitative estimate of drug-likeness (QED) is 0.837. The summed E-state index contributed by atoms with van der Waals surface area (Å²) in [6, 6.07) is 5.25. The van der Waals surface area contributed by atoms with Gasteiger partial charge < -0.3 is 9.88 Å². The number of rotatable bonds is 5. The number of nitrogens with one attached hydrogen (secondary N) is 1. The molecule has 2 aromatic rings. The fourth-order valence-electron chi connectivity index (χ4n) is 3.24. The molecule has 0 bridgehead atoms. The van der Waals surface area contributed by atoms with Gasteiger partial charge in [-0.05, 0) is 34.9 Å². The SMILES string of the molecule is Cn1ccnc1C(=O)CNC(=O)C1CC1c1ccc(C(C)(C)C)c(F)c1. The van der Waals surface area contributed by atoms with Crippen LogP contribution < -0.4 is 5.32 Å². The van der Waals surface area contributed by atoms with Crippen LogP contribution in [0.3, 0.4) is 0 Å². The molecule has 2 atom stereocenters. The number of ketones is 1. The normalized spacial score (nSPS) is 19.3. The summed E-state index contributed by atoms with van der Waals surface area (Å²) in [6.07, 6.45) is 3.90. The number of nitrogens with zero attached hydrogens (tertiary/aromatic N) is 2. The van der Waals surface area contributed by atoms with Gasteiger partial charge in [-0.25, -0.2) is 9.37 Å². The highest BCUT2D eigenvalue weighted by Gasteiger charge is 2.44. The molecule has 1 heterocycles. The Morgan fingerprint density at radius 3 is 2.65 bits per heavy atom. The van der Waals surface area contributed by atoms with Crippen LogP contribution in [0.5, 0.6) is 0 Å². The van der Waals surface area contributed by atoms with Gasteiger partial charge in [0.15, 0.2) is 5.82 Å². The van der Waals surface area contributed by atoms with Crippen LogP contribution in [0.25, 0.3) is 0 Å². The van der Waals surface area contributed by atoms with Gasteiger partial charge in [0.1, 0.15) is 5.82 Å². The maximum atomic E-state index is 14.4. The molecule has 0 saturated heterocycles. The monoisotopic (exact) mass is 357 g/mol. The maximum Gasteiger partial charge on any atom is 0.224 e. The number of hydrogen-bond acceptors (Lipinski definition) is 3. The summed E-state index contributed by atoms with van der Waals surface area (Å²) < 4.78 is 16.0. The lowest BCUT2D eigenvalue weighted by Gasteiger charge is -2.20. The number of halogens is 1. The third-order valence-corrected chi connectivity index (χ3v) is 4.85. The third-order valence-electron chi connectivity index (χ3n) is 4.85. The van der Waals surface area contributed by atoms with E-state index in [1.54, 1.807) is 24.0 Å². The van der Waals surface area contributed by atoms with Gasteiger partial charge in [-0.15, -0.1) is 0 Å². The highest BCUT2D eigenvalue weighted by Crippen LogP contribution is 2.48. The standard InChI is InChI=1S/C20H24FN3O2/c1-20(2,3)15-6-5-12(9-16(15)21)13-10-14(13)19(26)23-11-17(25)18-22-7-8-24(18)4/h5-9,13-14H,10-11H2,1-4H3,(H,23,26). The van der Waals surface area contributed by atoms with E-state index < -0.39 is 0 Å². The summed E-state index contributed by atoms with van der Waals surface area (Å²) in [4.78, 5) is 28.3. The van der Waals surface area contributed by atoms with Crippen LogP contribution in [0.2, 0.25) is 0 Å². The van der Waals surface area contributed by atoms with E-state index in [0.717, 1.165) is 5.56 Å². The number of amides is 1. The summed E-state index contributed by atoms with van der Waals surface area (Å²) in [6.45, 7) is 5.83. The molecule has 5 nitrogen and oxygen atoms in total. The van der Waals surface area contributed by atoms with Gasteiger partial charge in [-0.1, -0.05) is 32.9 Å². The van der Waals surface area contributed by atoms with Crippen LogP contribution in [-0.2, 0) is 17.3 Å². The van der Waals surface area contributed by atoms with Gasteiger partial charge in [0.2, 0.25) is 11.7 Å². The van der Waals surface area contributed by atoms with Gasteiger partial charge in [0.25, 0.3) is 0 Å². The van der Waals surface area contributed by atoms with E-state index >= 15 is 0 Å². The van der Waals surface area contributed by atoms with Crippen molar-refractivity contribution in [2.75, 3.05) is 6.54 Å². The summed E-state index contributed by atoms with van der Waals surface area (Å²) in [5.41, 5.74) is 1.25. The molecular formula is C20H24FN3O2. The fraction of sp³-hybridized carbons (Fsp3) is 0.450. The average Bonchev–Trinajstić information content (AvgIpc) is 3.25. The molecule has 138 valence electrons. The van der Waals surface area contributed by atoms with Crippen molar-refractivity contribution in [1.29, 1.82) is 0 Å². The van der Waals surface area contributed by atoms with Crippen LogP contribution in [0.15, 0.2) is 30.6 Å². The van der Waals surface area contributed by atoms with Crippen molar-refractivity contribution in [3.8, 4) is 0 Å². The topological polar surface area (TPSA) is 64.0 Å². The van der Waals surface area contributed by atoms with Crippen LogP contribution in [0, 0.1) is 11.7 Å². The number of hydrogen-bond donors (Lipinski definition) is 1. The summed E-state index contributed by atoms with van der Waals surface area (Å²) in [5, 5.41) is 2.67. The first kappa shape index (κ1) is 18.3. The fourth-order valence-corrected chi connectivity index (χ4v) is 3.24. The van der Waals surface area contributed by atoms with E-state index in [2.05, 4.69) is 10.3 Å². The van der Waals surface area contributed by atoms with Crippen molar-refractivity contribution >= 4 is 11.7 Å². The van der Waals surface area contributed by atoms with Crippen molar-refractivity contribution in [2.45, 2.75) is 38.5 Å². The molecule has 1 fully saturated rings. The average molecular weight is 357 g/mol. The molecule has 0 aliphatic heterocycles. The minimum atomic E-state index is -0.256. The van der Waals surface area contributed by atoms with E-state index in [4.69, 9.17) is 0 Å². The number of aromatic nitrogens is 2. The second-order valence-electron chi connectivity index (χ2n) is 7.94. The predicted molar refractivity (Wildman–Crippen MR) is 96.5 cm³/mol. The maximum absolute atomic E-state index is 14.4. The smallest absolute Gasteiger partial charge is 0.224 e. The van der Waals surface area contributed by atoms with Crippen molar-refractivity contribution in [2.24, 2.45) is 13.0 Å². The molecule has 2 unspecified atom stereocenters. The Balaban J connectivity index is 1.58. The highest BCUT2D eigenvalue weighted by atomic mass is 19.1. The molecule has 0 radical (unpaired) electrons. The Hall–Kier alpha value is -2.50. The Morgan fingerprint density at radius 2 is 2.08 bits per heavy atom. The second kappa shape index (κ2) is 6.67. The number of benzene rings is 1. The van der Waals surface area contributed by atoms with Crippen LogP contribution in [0.1, 0.15) is 54.9 Å². The van der Waals surface area contributed by atoms with Crippen LogP contribution in [-0.4, -0.2) is 27.8 Å². The molecule has 1 aliphatic rings. The summed E-state index contributed by atoms with van der Waals surface area (Å²) >= 11 is 0. The third kappa shape index (κ3) is 3.69. The molecule has 1 aromatic carbocycles. The van der Waals surface area contributed by atoms with E-state index in [1.165, 1.54) is 6.07 Å². The van der Waals surface area contributed by atoms with E-state index in [1.807, 2.05) is 32.9 Å². The Bertz CT molecular complexity index is 851. The van der Waals surface area contributed by atoms with Gasteiger partial charge in [0.05, 0.1) is 6.54 Å².